The SMILES string of the molecule is CCNC(=O)c1noc(-c2cc(C(C)C)c(O)cc2O)c1-c1ccc(CN(C)CCC(=O)OC)cc1. The van der Waals surface area contributed by atoms with Crippen LogP contribution in [0.15, 0.2) is 40.9 Å². The molecule has 1 amide bonds. The van der Waals surface area contributed by atoms with E-state index in [-0.39, 0.29) is 34.8 Å². The van der Waals surface area contributed by atoms with Gasteiger partial charge in [0, 0.05) is 25.7 Å². The molecule has 3 N–H and O–H groups in total. The fraction of sp³-hybridized carbons (Fsp3) is 0.370. The molecule has 0 spiro atoms. The molecule has 3 aromatic rings. The molecule has 0 bridgehead atoms. The van der Waals surface area contributed by atoms with E-state index in [1.54, 1.807) is 6.07 Å². The largest absolute Gasteiger partial charge is 0.508 e. The summed E-state index contributed by atoms with van der Waals surface area (Å²) in [6.07, 6.45) is 0.305. The summed E-state index contributed by atoms with van der Waals surface area (Å²) in [6.45, 7) is 7.26. The number of carbonyl (C=O) groups excluding carboxylic acids is 2. The predicted octanol–water partition coefficient (Wildman–Crippen LogP) is 4.29. The first-order chi connectivity index (χ1) is 17.2. The van der Waals surface area contributed by atoms with Crippen molar-refractivity contribution < 1.29 is 29.1 Å². The summed E-state index contributed by atoms with van der Waals surface area (Å²) in [5.41, 5.74) is 3.22. The van der Waals surface area contributed by atoms with Crippen LogP contribution in [0.1, 0.15) is 54.7 Å². The summed E-state index contributed by atoms with van der Waals surface area (Å²) in [5.74, 6) is -0.616. The van der Waals surface area contributed by atoms with Crippen molar-refractivity contribution in [2.24, 2.45) is 0 Å². The van der Waals surface area contributed by atoms with Crippen LogP contribution in [0.25, 0.3) is 22.5 Å². The maximum absolute atomic E-state index is 12.8. The average molecular weight is 496 g/mol. The van der Waals surface area contributed by atoms with Crippen molar-refractivity contribution in [1.29, 1.82) is 0 Å². The fourth-order valence-corrected chi connectivity index (χ4v) is 3.93. The van der Waals surface area contributed by atoms with E-state index >= 15 is 0 Å². The Balaban J connectivity index is 2.00. The van der Waals surface area contributed by atoms with Crippen LogP contribution in [0.2, 0.25) is 0 Å². The molecule has 9 nitrogen and oxygen atoms in total. The topological polar surface area (TPSA) is 125 Å². The van der Waals surface area contributed by atoms with E-state index in [1.165, 1.54) is 13.2 Å². The number of nitrogens with zero attached hydrogens (tertiary/aromatic N) is 2. The van der Waals surface area contributed by atoms with Gasteiger partial charge in [0.15, 0.2) is 11.5 Å². The number of rotatable bonds is 10. The fourth-order valence-electron chi connectivity index (χ4n) is 3.93. The summed E-state index contributed by atoms with van der Waals surface area (Å²) in [5, 5.41) is 27.7. The normalized spacial score (nSPS) is 11.2. The van der Waals surface area contributed by atoms with Crippen molar-refractivity contribution in [3.05, 3.63) is 53.2 Å². The molecule has 0 atom stereocenters. The molecular weight excluding hydrogens is 462 g/mol. The van der Waals surface area contributed by atoms with E-state index in [4.69, 9.17) is 9.26 Å². The Morgan fingerprint density at radius 1 is 1.14 bits per heavy atom. The van der Waals surface area contributed by atoms with Gasteiger partial charge in [0.2, 0.25) is 0 Å². The van der Waals surface area contributed by atoms with Gasteiger partial charge >= 0.3 is 5.97 Å². The van der Waals surface area contributed by atoms with Crippen LogP contribution in [0, 0.1) is 0 Å². The van der Waals surface area contributed by atoms with E-state index in [9.17, 15) is 19.8 Å². The molecular formula is C27H33N3O6. The molecule has 1 heterocycles. The lowest BCUT2D eigenvalue weighted by atomic mass is 9.94. The third-order valence-corrected chi connectivity index (χ3v) is 5.88. The Labute approximate surface area is 210 Å². The maximum Gasteiger partial charge on any atom is 0.306 e. The number of ether oxygens (including phenoxy) is 1. The highest BCUT2D eigenvalue weighted by Crippen LogP contribution is 2.43. The van der Waals surface area contributed by atoms with Gasteiger partial charge in [-0.1, -0.05) is 43.3 Å². The average Bonchev–Trinajstić information content (AvgIpc) is 3.28. The van der Waals surface area contributed by atoms with E-state index in [1.807, 2.05) is 57.0 Å². The highest BCUT2D eigenvalue weighted by Gasteiger charge is 2.27. The number of esters is 1. The number of aromatic hydroxyl groups is 2. The lowest BCUT2D eigenvalue weighted by Crippen LogP contribution is -2.23. The predicted molar refractivity (Wildman–Crippen MR) is 136 cm³/mol. The van der Waals surface area contributed by atoms with Gasteiger partial charge in [-0.25, -0.2) is 0 Å². The van der Waals surface area contributed by atoms with Gasteiger partial charge in [0.1, 0.15) is 11.5 Å². The minimum absolute atomic E-state index is 0.00552. The third kappa shape index (κ3) is 6.04. The molecule has 0 aliphatic heterocycles. The molecule has 0 aliphatic carbocycles. The highest BCUT2D eigenvalue weighted by molar-refractivity contribution is 6.02. The zero-order valence-corrected chi connectivity index (χ0v) is 21.3. The number of phenols is 2. The van der Waals surface area contributed by atoms with Gasteiger partial charge in [-0.15, -0.1) is 0 Å². The Morgan fingerprint density at radius 3 is 2.44 bits per heavy atom. The van der Waals surface area contributed by atoms with Crippen molar-refractivity contribution in [2.75, 3.05) is 27.2 Å². The van der Waals surface area contributed by atoms with Crippen LogP contribution in [-0.2, 0) is 16.1 Å². The molecule has 9 heteroatoms. The van der Waals surface area contributed by atoms with Crippen molar-refractivity contribution in [3.8, 4) is 33.9 Å². The molecule has 0 aliphatic rings. The monoisotopic (exact) mass is 495 g/mol. The van der Waals surface area contributed by atoms with Crippen LogP contribution in [-0.4, -0.2) is 59.4 Å². The molecule has 192 valence electrons. The molecule has 0 fully saturated rings. The van der Waals surface area contributed by atoms with Crippen LogP contribution in [0.3, 0.4) is 0 Å². The standard InChI is InChI=1S/C27H33N3O6/c1-6-28-27(34)25-24(18-9-7-17(8-10-18)15-30(4)12-11-23(33)35-5)26(36-29-25)20-13-19(16(2)3)21(31)14-22(20)32/h7-10,13-14,16,31-32H,6,11-12,15H2,1-5H3,(H,28,34). The van der Waals surface area contributed by atoms with Crippen molar-refractivity contribution in [3.63, 3.8) is 0 Å². The van der Waals surface area contributed by atoms with Gasteiger partial charge in [-0.3, -0.25) is 9.59 Å². The minimum Gasteiger partial charge on any atom is -0.508 e. The first-order valence-electron chi connectivity index (χ1n) is 11.8. The summed E-state index contributed by atoms with van der Waals surface area (Å²) in [7, 11) is 3.29. The second kappa shape index (κ2) is 11.7. The molecule has 0 saturated heterocycles. The number of methoxy groups -OCH3 is 1. The smallest absolute Gasteiger partial charge is 0.306 e. The number of aromatic nitrogens is 1. The number of amides is 1. The number of carbonyl (C=O) groups is 2. The number of phenolic OH excluding ortho intramolecular Hbond substituents is 2. The van der Waals surface area contributed by atoms with Crippen molar-refractivity contribution >= 4 is 11.9 Å². The molecule has 0 saturated carbocycles. The molecule has 36 heavy (non-hydrogen) atoms. The minimum atomic E-state index is -0.392. The lowest BCUT2D eigenvalue weighted by molar-refractivity contribution is -0.140. The van der Waals surface area contributed by atoms with Crippen LogP contribution >= 0.6 is 0 Å². The Bertz CT molecular complexity index is 1220. The summed E-state index contributed by atoms with van der Waals surface area (Å²) in [6, 6.07) is 10.5. The third-order valence-electron chi connectivity index (χ3n) is 5.88. The number of hydrogen-bond donors (Lipinski definition) is 3. The Hall–Kier alpha value is -3.85. The molecule has 0 radical (unpaired) electrons. The highest BCUT2D eigenvalue weighted by atomic mass is 16.5. The molecule has 2 aromatic carbocycles. The second-order valence-corrected chi connectivity index (χ2v) is 8.94. The van der Waals surface area contributed by atoms with Gasteiger partial charge in [-0.05, 0) is 42.6 Å². The molecule has 3 rings (SSSR count). The summed E-state index contributed by atoms with van der Waals surface area (Å²) in [4.78, 5) is 26.2. The summed E-state index contributed by atoms with van der Waals surface area (Å²) < 4.78 is 10.3. The van der Waals surface area contributed by atoms with Gasteiger partial charge in [0.05, 0.1) is 24.7 Å². The van der Waals surface area contributed by atoms with E-state index in [0.29, 0.717) is 48.3 Å². The van der Waals surface area contributed by atoms with E-state index < -0.39 is 5.91 Å². The van der Waals surface area contributed by atoms with Crippen molar-refractivity contribution in [1.82, 2.24) is 15.4 Å². The van der Waals surface area contributed by atoms with Gasteiger partial charge < -0.3 is 29.7 Å². The Kier molecular flexibility index (Phi) is 8.71. The number of nitrogens with one attached hydrogen (secondary N) is 1. The van der Waals surface area contributed by atoms with Gasteiger partial charge in [0.25, 0.3) is 5.91 Å². The zero-order valence-electron chi connectivity index (χ0n) is 21.3. The van der Waals surface area contributed by atoms with Gasteiger partial charge in [-0.2, -0.15) is 0 Å². The second-order valence-electron chi connectivity index (χ2n) is 8.94. The first kappa shape index (κ1) is 26.7. The first-order valence-corrected chi connectivity index (χ1v) is 11.8. The maximum atomic E-state index is 12.8. The summed E-state index contributed by atoms with van der Waals surface area (Å²) >= 11 is 0. The Morgan fingerprint density at radius 2 is 1.83 bits per heavy atom. The molecule has 0 unspecified atom stereocenters. The van der Waals surface area contributed by atoms with Crippen LogP contribution < -0.4 is 5.32 Å². The zero-order chi connectivity index (χ0) is 26.4. The van der Waals surface area contributed by atoms with Crippen LogP contribution in [0.4, 0.5) is 0 Å². The van der Waals surface area contributed by atoms with E-state index in [2.05, 4.69) is 10.5 Å². The number of hydrogen-bond acceptors (Lipinski definition) is 8. The van der Waals surface area contributed by atoms with Crippen LogP contribution in [0.5, 0.6) is 11.5 Å². The quantitative estimate of drug-likeness (QED) is 0.356. The van der Waals surface area contributed by atoms with Crippen molar-refractivity contribution in [2.45, 2.75) is 39.7 Å². The molecule has 1 aromatic heterocycles. The van der Waals surface area contributed by atoms with E-state index in [0.717, 1.165) is 5.56 Å². The number of benzene rings is 2. The lowest BCUT2D eigenvalue weighted by Gasteiger charge is -2.16.